The molecule has 12 heavy (non-hydrogen) atoms. The summed E-state index contributed by atoms with van der Waals surface area (Å²) in [5.74, 6) is 0. The molecule has 2 nitrogen and oxygen atoms in total. The minimum atomic E-state index is 0.893. The van der Waals surface area contributed by atoms with Crippen molar-refractivity contribution in [2.45, 2.75) is 6.42 Å². The molecule has 0 saturated carbocycles. The van der Waals surface area contributed by atoms with Gasteiger partial charge >= 0.3 is 0 Å². The molecule has 0 atom stereocenters. The van der Waals surface area contributed by atoms with E-state index in [4.69, 9.17) is 0 Å². The average molecular weight is 164 g/mol. The first-order valence-corrected chi connectivity index (χ1v) is 4.29. The number of hydrogen-bond acceptors (Lipinski definition) is 2. The molecule has 0 fully saturated rings. The maximum atomic E-state index is 4.32. The lowest BCUT2D eigenvalue weighted by Crippen LogP contribution is -2.15. The van der Waals surface area contributed by atoms with E-state index in [0.717, 1.165) is 19.5 Å². The van der Waals surface area contributed by atoms with Crippen LogP contribution in [0.2, 0.25) is 0 Å². The highest BCUT2D eigenvalue weighted by Gasteiger charge is 1.93. The lowest BCUT2D eigenvalue weighted by atomic mass is 10.3. The summed E-state index contributed by atoms with van der Waals surface area (Å²) in [5.41, 5.74) is 1.31. The highest BCUT2D eigenvalue weighted by Crippen LogP contribution is 2.06. The molecule has 0 aromatic rings. The highest BCUT2D eigenvalue weighted by atomic mass is 15.1. The van der Waals surface area contributed by atoms with Gasteiger partial charge in [0.25, 0.3) is 0 Å². The molecule has 0 radical (unpaired) electrons. The molecule has 1 aliphatic carbocycles. The van der Waals surface area contributed by atoms with Crippen molar-refractivity contribution in [3.63, 3.8) is 0 Å². The van der Waals surface area contributed by atoms with Crippen LogP contribution in [0.1, 0.15) is 6.42 Å². The number of aliphatic imine (C=N–C) groups is 1. The summed E-state index contributed by atoms with van der Waals surface area (Å²) in [6.07, 6.45) is 9.36. The van der Waals surface area contributed by atoms with Crippen LogP contribution in [-0.4, -0.2) is 38.3 Å². The third-order valence-electron chi connectivity index (χ3n) is 1.73. The second-order valence-electron chi connectivity index (χ2n) is 3.21. The Morgan fingerprint density at radius 3 is 3.00 bits per heavy atom. The molecule has 2 heteroatoms. The number of nitrogens with zero attached hydrogens (tertiary/aromatic N) is 2. The number of likely N-dealkylation sites (N-methyl/N-ethyl adjacent to an activating group) is 1. The van der Waals surface area contributed by atoms with Crippen molar-refractivity contribution in [2.75, 3.05) is 27.2 Å². The Morgan fingerprint density at radius 1 is 1.58 bits per heavy atom. The van der Waals surface area contributed by atoms with Gasteiger partial charge < -0.3 is 4.90 Å². The summed E-state index contributed by atoms with van der Waals surface area (Å²) < 4.78 is 0. The van der Waals surface area contributed by atoms with Crippen molar-refractivity contribution in [2.24, 2.45) is 4.99 Å². The molecule has 0 heterocycles. The van der Waals surface area contributed by atoms with Crippen molar-refractivity contribution in [1.82, 2.24) is 4.90 Å². The van der Waals surface area contributed by atoms with Crippen LogP contribution < -0.4 is 0 Å². The van der Waals surface area contributed by atoms with Gasteiger partial charge in [-0.3, -0.25) is 4.99 Å². The fraction of sp³-hybridized carbons (Fsp3) is 0.500. The van der Waals surface area contributed by atoms with Gasteiger partial charge in [-0.25, -0.2) is 0 Å². The standard InChI is InChI=1S/C10H16N2/c1-12(2)8-7-11-9-10-5-3-4-6-10/h3-5,9H,6-8H2,1-2H3. The van der Waals surface area contributed by atoms with E-state index in [2.05, 4.69) is 42.2 Å². The molecule has 0 N–H and O–H groups in total. The van der Waals surface area contributed by atoms with Crippen molar-refractivity contribution in [1.29, 1.82) is 0 Å². The smallest absolute Gasteiger partial charge is 0.0516 e. The Morgan fingerprint density at radius 2 is 2.42 bits per heavy atom. The van der Waals surface area contributed by atoms with Gasteiger partial charge in [0.1, 0.15) is 0 Å². The summed E-state index contributed by atoms with van der Waals surface area (Å²) >= 11 is 0. The van der Waals surface area contributed by atoms with Gasteiger partial charge in [-0.2, -0.15) is 0 Å². The molecular weight excluding hydrogens is 148 g/mol. The molecule has 66 valence electrons. The average Bonchev–Trinajstić information content (AvgIpc) is 2.49. The molecule has 0 amide bonds. The van der Waals surface area contributed by atoms with Crippen molar-refractivity contribution < 1.29 is 0 Å². The first kappa shape index (κ1) is 9.20. The van der Waals surface area contributed by atoms with Gasteiger partial charge in [0, 0.05) is 12.8 Å². The van der Waals surface area contributed by atoms with E-state index < -0.39 is 0 Å². The van der Waals surface area contributed by atoms with Crippen molar-refractivity contribution in [3.05, 3.63) is 23.8 Å². The first-order valence-electron chi connectivity index (χ1n) is 4.29. The second-order valence-corrected chi connectivity index (χ2v) is 3.21. The second kappa shape index (κ2) is 4.88. The third-order valence-corrected chi connectivity index (χ3v) is 1.73. The Labute approximate surface area is 74.3 Å². The maximum Gasteiger partial charge on any atom is 0.0516 e. The van der Waals surface area contributed by atoms with E-state index in [1.165, 1.54) is 5.57 Å². The summed E-state index contributed by atoms with van der Waals surface area (Å²) in [7, 11) is 4.12. The van der Waals surface area contributed by atoms with Crippen LogP contribution in [0.5, 0.6) is 0 Å². The van der Waals surface area contributed by atoms with E-state index in [1.807, 2.05) is 6.21 Å². The Kier molecular flexibility index (Phi) is 3.74. The van der Waals surface area contributed by atoms with Gasteiger partial charge in [0.05, 0.1) is 6.54 Å². The van der Waals surface area contributed by atoms with E-state index in [-0.39, 0.29) is 0 Å². The largest absolute Gasteiger partial charge is 0.308 e. The fourth-order valence-electron chi connectivity index (χ4n) is 0.999. The molecular formula is C10H16N2. The quantitative estimate of drug-likeness (QED) is 0.575. The van der Waals surface area contributed by atoms with Gasteiger partial charge in [-0.15, -0.1) is 0 Å². The Balaban J connectivity index is 2.14. The molecule has 1 aliphatic rings. The van der Waals surface area contributed by atoms with E-state index in [9.17, 15) is 0 Å². The SMILES string of the molecule is CN(C)CCN=CC1=CC=CC1. The molecule has 0 unspecified atom stereocenters. The zero-order valence-corrected chi connectivity index (χ0v) is 7.83. The van der Waals surface area contributed by atoms with Crippen LogP contribution in [0.3, 0.4) is 0 Å². The van der Waals surface area contributed by atoms with Gasteiger partial charge in [0.2, 0.25) is 0 Å². The van der Waals surface area contributed by atoms with Crippen molar-refractivity contribution >= 4 is 6.21 Å². The van der Waals surface area contributed by atoms with E-state index in [1.54, 1.807) is 0 Å². The number of hydrogen-bond donors (Lipinski definition) is 0. The first-order chi connectivity index (χ1) is 5.79. The Bertz CT molecular complexity index is 212. The topological polar surface area (TPSA) is 15.6 Å². The van der Waals surface area contributed by atoms with Crippen molar-refractivity contribution in [3.8, 4) is 0 Å². The molecule has 1 rings (SSSR count). The summed E-state index contributed by atoms with van der Waals surface area (Å²) in [6, 6.07) is 0. The lowest BCUT2D eigenvalue weighted by molar-refractivity contribution is 0.421. The van der Waals surface area contributed by atoms with Crippen LogP contribution in [0, 0.1) is 0 Å². The fourth-order valence-corrected chi connectivity index (χ4v) is 0.999. The summed E-state index contributed by atoms with van der Waals surface area (Å²) in [6.45, 7) is 1.92. The monoisotopic (exact) mass is 164 g/mol. The molecule has 0 spiro atoms. The third kappa shape index (κ3) is 3.49. The normalized spacial score (nSPS) is 16.4. The van der Waals surface area contributed by atoms with Crippen LogP contribution in [0.15, 0.2) is 28.8 Å². The molecule has 0 aromatic carbocycles. The van der Waals surface area contributed by atoms with E-state index >= 15 is 0 Å². The van der Waals surface area contributed by atoms with Crippen LogP contribution in [0.25, 0.3) is 0 Å². The minimum Gasteiger partial charge on any atom is -0.308 e. The van der Waals surface area contributed by atoms with Crippen LogP contribution in [-0.2, 0) is 0 Å². The minimum absolute atomic E-state index is 0.893. The number of allylic oxidation sites excluding steroid dienone is 4. The predicted octanol–water partition coefficient (Wildman–Crippen LogP) is 1.51. The highest BCUT2D eigenvalue weighted by molar-refractivity contribution is 5.80. The lowest BCUT2D eigenvalue weighted by Gasteiger charge is -2.05. The maximum absolute atomic E-state index is 4.32. The number of rotatable bonds is 4. The predicted molar refractivity (Wildman–Crippen MR) is 53.8 cm³/mol. The molecule has 0 aliphatic heterocycles. The zero-order valence-electron chi connectivity index (χ0n) is 7.83. The molecule has 0 saturated heterocycles. The van der Waals surface area contributed by atoms with Gasteiger partial charge in [-0.1, -0.05) is 18.2 Å². The molecule has 0 aromatic heterocycles. The van der Waals surface area contributed by atoms with Crippen LogP contribution in [0.4, 0.5) is 0 Å². The van der Waals surface area contributed by atoms with E-state index in [0.29, 0.717) is 0 Å². The Hall–Kier alpha value is -0.890. The van der Waals surface area contributed by atoms with Gasteiger partial charge in [0.15, 0.2) is 0 Å². The van der Waals surface area contributed by atoms with Gasteiger partial charge in [-0.05, 0) is 26.1 Å². The van der Waals surface area contributed by atoms with Crippen LogP contribution >= 0.6 is 0 Å². The summed E-state index contributed by atoms with van der Waals surface area (Å²) in [5, 5.41) is 0. The zero-order chi connectivity index (χ0) is 8.81. The molecule has 0 bridgehead atoms. The summed E-state index contributed by atoms with van der Waals surface area (Å²) in [4.78, 5) is 6.46.